The predicted molar refractivity (Wildman–Crippen MR) is 61.4 cm³/mol. The fourth-order valence-corrected chi connectivity index (χ4v) is 2.25. The Morgan fingerprint density at radius 2 is 2.12 bits per heavy atom. The smallest absolute Gasteiger partial charge is 0.303 e. The first-order valence-electron chi connectivity index (χ1n) is 5.39. The monoisotopic (exact) mass is 238 g/mol. The highest BCUT2D eigenvalue weighted by molar-refractivity contribution is 7.99. The van der Waals surface area contributed by atoms with Crippen LogP contribution in [0.5, 0.6) is 0 Å². The molecule has 0 aromatic carbocycles. The molecule has 1 fully saturated rings. The Morgan fingerprint density at radius 3 is 2.69 bits per heavy atom. The lowest BCUT2D eigenvalue weighted by Gasteiger charge is -2.00. The molecule has 2 rings (SSSR count). The number of aliphatic carboxylic acids is 1. The second-order valence-electron chi connectivity index (χ2n) is 4.02. The summed E-state index contributed by atoms with van der Waals surface area (Å²) < 4.78 is 0. The van der Waals surface area contributed by atoms with E-state index in [2.05, 4.69) is 9.97 Å². The summed E-state index contributed by atoms with van der Waals surface area (Å²) in [5, 5.41) is 9.33. The van der Waals surface area contributed by atoms with E-state index in [1.54, 1.807) is 24.2 Å². The number of carboxylic acids is 1. The number of carboxylic acid groups (broad SMARTS) is 1. The number of aryl methyl sites for hydroxylation is 1. The highest BCUT2D eigenvalue weighted by atomic mass is 32.2. The van der Waals surface area contributed by atoms with Crippen LogP contribution in [0.4, 0.5) is 0 Å². The minimum atomic E-state index is -0.785. The van der Waals surface area contributed by atoms with Gasteiger partial charge in [-0.2, -0.15) is 0 Å². The quantitative estimate of drug-likeness (QED) is 0.606. The molecular weight excluding hydrogens is 224 g/mol. The lowest BCUT2D eigenvalue weighted by Crippen LogP contribution is -1.99. The molecule has 0 radical (unpaired) electrons. The maximum absolute atomic E-state index is 10.4. The molecule has 0 unspecified atom stereocenters. The van der Waals surface area contributed by atoms with Crippen molar-refractivity contribution in [1.82, 2.24) is 9.97 Å². The van der Waals surface area contributed by atoms with E-state index in [4.69, 9.17) is 5.11 Å². The predicted octanol–water partition coefficient (Wildman–Crippen LogP) is 2.00. The van der Waals surface area contributed by atoms with Crippen molar-refractivity contribution in [2.75, 3.05) is 5.75 Å². The second-order valence-corrected chi connectivity index (χ2v) is 5.01. The largest absolute Gasteiger partial charge is 0.481 e. The summed E-state index contributed by atoms with van der Waals surface area (Å²) in [6, 6.07) is 0. The topological polar surface area (TPSA) is 63.1 Å². The summed E-state index contributed by atoms with van der Waals surface area (Å²) in [5.74, 6) is 1.18. The van der Waals surface area contributed by atoms with Gasteiger partial charge in [0.15, 0.2) is 5.16 Å². The Morgan fingerprint density at radius 1 is 1.44 bits per heavy atom. The zero-order valence-electron chi connectivity index (χ0n) is 8.93. The third-order valence-corrected chi connectivity index (χ3v) is 3.56. The number of hydrogen-bond donors (Lipinski definition) is 1. The van der Waals surface area contributed by atoms with Crippen LogP contribution < -0.4 is 0 Å². The fraction of sp³-hybridized carbons (Fsp3) is 0.545. The fourth-order valence-electron chi connectivity index (χ4n) is 1.27. The van der Waals surface area contributed by atoms with Crippen molar-refractivity contribution in [3.63, 3.8) is 0 Å². The molecule has 0 aliphatic heterocycles. The molecule has 1 saturated carbocycles. The summed E-state index contributed by atoms with van der Waals surface area (Å²) in [6.07, 6.45) is 6.77. The molecule has 16 heavy (non-hydrogen) atoms. The highest BCUT2D eigenvalue weighted by Crippen LogP contribution is 2.33. The molecule has 1 aliphatic rings. The Balaban J connectivity index is 1.80. The Kier molecular flexibility index (Phi) is 3.77. The van der Waals surface area contributed by atoms with Gasteiger partial charge in [0.25, 0.3) is 0 Å². The number of nitrogens with zero attached hydrogens (tertiary/aromatic N) is 2. The lowest BCUT2D eigenvalue weighted by atomic mass is 10.2. The number of rotatable bonds is 6. The minimum absolute atomic E-state index is 0.137. The van der Waals surface area contributed by atoms with Gasteiger partial charge >= 0.3 is 5.97 Å². The van der Waals surface area contributed by atoms with Gasteiger partial charge in [-0.25, -0.2) is 9.97 Å². The molecule has 0 bridgehead atoms. The van der Waals surface area contributed by atoms with Gasteiger partial charge < -0.3 is 5.11 Å². The van der Waals surface area contributed by atoms with Crippen LogP contribution >= 0.6 is 11.8 Å². The molecule has 1 heterocycles. The van der Waals surface area contributed by atoms with E-state index in [1.165, 1.54) is 12.8 Å². The molecule has 0 saturated heterocycles. The van der Waals surface area contributed by atoms with Gasteiger partial charge in [-0.05, 0) is 30.7 Å². The molecule has 1 aliphatic carbocycles. The van der Waals surface area contributed by atoms with Crippen molar-refractivity contribution in [2.45, 2.75) is 30.8 Å². The Hall–Kier alpha value is -1.10. The minimum Gasteiger partial charge on any atom is -0.481 e. The van der Waals surface area contributed by atoms with Crippen LogP contribution in [0.2, 0.25) is 0 Å². The maximum atomic E-state index is 10.4. The van der Waals surface area contributed by atoms with E-state index < -0.39 is 5.97 Å². The lowest BCUT2D eigenvalue weighted by molar-refractivity contribution is -0.136. The molecule has 1 N–H and O–H groups in total. The van der Waals surface area contributed by atoms with Crippen LogP contribution in [0.25, 0.3) is 0 Å². The third kappa shape index (κ3) is 3.81. The van der Waals surface area contributed by atoms with E-state index >= 15 is 0 Å². The second kappa shape index (κ2) is 5.30. The van der Waals surface area contributed by atoms with Crippen LogP contribution in [0.1, 0.15) is 24.8 Å². The van der Waals surface area contributed by atoms with E-state index in [0.717, 1.165) is 22.4 Å². The van der Waals surface area contributed by atoms with Gasteiger partial charge in [-0.3, -0.25) is 4.79 Å². The van der Waals surface area contributed by atoms with Gasteiger partial charge in [0, 0.05) is 24.6 Å². The zero-order valence-corrected chi connectivity index (χ0v) is 9.74. The van der Waals surface area contributed by atoms with E-state index in [0.29, 0.717) is 6.42 Å². The van der Waals surface area contributed by atoms with Crippen molar-refractivity contribution in [1.29, 1.82) is 0 Å². The van der Waals surface area contributed by atoms with E-state index in [9.17, 15) is 4.79 Å². The molecular formula is C11H14N2O2S. The average Bonchev–Trinajstić information content (AvgIpc) is 3.09. The first kappa shape index (κ1) is 11.4. The van der Waals surface area contributed by atoms with Gasteiger partial charge in [0.1, 0.15) is 0 Å². The SMILES string of the molecule is O=C(O)CCc1cnc(SCC2CC2)nc1. The van der Waals surface area contributed by atoms with Crippen molar-refractivity contribution in [3.8, 4) is 0 Å². The number of aromatic nitrogens is 2. The number of hydrogen-bond acceptors (Lipinski definition) is 4. The highest BCUT2D eigenvalue weighted by Gasteiger charge is 2.21. The molecule has 86 valence electrons. The number of thioether (sulfide) groups is 1. The van der Waals surface area contributed by atoms with Crippen LogP contribution in [0.3, 0.4) is 0 Å². The standard InChI is InChI=1S/C11H14N2O2S/c14-10(15)4-3-9-5-12-11(13-6-9)16-7-8-1-2-8/h5-6,8H,1-4,7H2,(H,14,15). The molecule has 4 nitrogen and oxygen atoms in total. The molecule has 0 amide bonds. The van der Waals surface area contributed by atoms with Gasteiger partial charge in [0.2, 0.25) is 0 Å². The van der Waals surface area contributed by atoms with Crippen LogP contribution in [0.15, 0.2) is 17.6 Å². The summed E-state index contributed by atoms with van der Waals surface area (Å²) in [6.45, 7) is 0. The van der Waals surface area contributed by atoms with Crippen LogP contribution in [-0.2, 0) is 11.2 Å². The Labute approximate surface area is 98.5 Å². The maximum Gasteiger partial charge on any atom is 0.303 e. The number of carbonyl (C=O) groups is 1. The van der Waals surface area contributed by atoms with Crippen LogP contribution in [0, 0.1) is 5.92 Å². The van der Waals surface area contributed by atoms with Crippen LogP contribution in [-0.4, -0.2) is 26.8 Å². The average molecular weight is 238 g/mol. The van der Waals surface area contributed by atoms with E-state index in [1.807, 2.05) is 0 Å². The van der Waals surface area contributed by atoms with Crippen molar-refractivity contribution >= 4 is 17.7 Å². The molecule has 5 heteroatoms. The zero-order chi connectivity index (χ0) is 11.4. The summed E-state index contributed by atoms with van der Waals surface area (Å²) in [4.78, 5) is 18.8. The van der Waals surface area contributed by atoms with Gasteiger partial charge in [-0.1, -0.05) is 11.8 Å². The van der Waals surface area contributed by atoms with Crippen molar-refractivity contribution in [2.24, 2.45) is 5.92 Å². The first-order valence-corrected chi connectivity index (χ1v) is 6.38. The van der Waals surface area contributed by atoms with Crippen molar-refractivity contribution in [3.05, 3.63) is 18.0 Å². The first-order chi connectivity index (χ1) is 7.74. The summed E-state index contributed by atoms with van der Waals surface area (Å²) in [7, 11) is 0. The third-order valence-electron chi connectivity index (χ3n) is 2.45. The van der Waals surface area contributed by atoms with Gasteiger partial charge in [-0.15, -0.1) is 0 Å². The molecule has 0 atom stereocenters. The van der Waals surface area contributed by atoms with Gasteiger partial charge in [0.05, 0.1) is 0 Å². The van der Waals surface area contributed by atoms with E-state index in [-0.39, 0.29) is 6.42 Å². The molecule has 0 spiro atoms. The van der Waals surface area contributed by atoms with Crippen molar-refractivity contribution < 1.29 is 9.90 Å². The summed E-state index contributed by atoms with van der Waals surface area (Å²) >= 11 is 1.69. The molecule has 1 aromatic heterocycles. The Bertz CT molecular complexity index is 363. The summed E-state index contributed by atoms with van der Waals surface area (Å²) in [5.41, 5.74) is 0.887. The normalized spacial score (nSPS) is 15.0. The molecule has 1 aromatic rings.